The van der Waals surface area contributed by atoms with Gasteiger partial charge < -0.3 is 5.73 Å². The predicted molar refractivity (Wildman–Crippen MR) is 57.1 cm³/mol. The summed E-state index contributed by atoms with van der Waals surface area (Å²) in [5.41, 5.74) is 8.45. The highest BCUT2D eigenvalue weighted by molar-refractivity contribution is 5.64. The van der Waals surface area contributed by atoms with E-state index in [4.69, 9.17) is 12.2 Å². The third-order valence-electron chi connectivity index (χ3n) is 1.88. The molecule has 13 heavy (non-hydrogen) atoms. The molecule has 1 nitrogen and oxygen atoms in total. The first kappa shape index (κ1) is 9.57. The third-order valence-corrected chi connectivity index (χ3v) is 1.88. The standard InChI is InChI=1S/C12H13N/c1-3-11-5-4-6-12(9-11)10(2)7-8-13/h1,4-6,9H,2,7-8,13H2. The maximum absolute atomic E-state index is 5.44. The van der Waals surface area contributed by atoms with Gasteiger partial charge in [0.15, 0.2) is 0 Å². The van der Waals surface area contributed by atoms with Crippen molar-refractivity contribution in [3.8, 4) is 12.3 Å². The zero-order valence-corrected chi connectivity index (χ0v) is 7.59. The quantitative estimate of drug-likeness (QED) is 0.692. The molecule has 0 saturated carbocycles. The van der Waals surface area contributed by atoms with Crippen LogP contribution in [0.2, 0.25) is 0 Å². The average Bonchev–Trinajstić information content (AvgIpc) is 2.18. The van der Waals surface area contributed by atoms with Crippen LogP contribution < -0.4 is 5.73 Å². The zero-order chi connectivity index (χ0) is 9.68. The van der Waals surface area contributed by atoms with E-state index in [2.05, 4.69) is 12.5 Å². The van der Waals surface area contributed by atoms with Gasteiger partial charge in [-0.25, -0.2) is 0 Å². The zero-order valence-electron chi connectivity index (χ0n) is 7.59. The Kier molecular flexibility index (Phi) is 3.31. The molecule has 2 N–H and O–H groups in total. The molecule has 0 atom stereocenters. The summed E-state index contributed by atoms with van der Waals surface area (Å²) in [4.78, 5) is 0. The fraction of sp³-hybridized carbons (Fsp3) is 0.167. The molecule has 0 radical (unpaired) electrons. The molecule has 1 rings (SSSR count). The third kappa shape index (κ3) is 2.47. The number of benzene rings is 1. The van der Waals surface area contributed by atoms with Gasteiger partial charge in [0.2, 0.25) is 0 Å². The minimum atomic E-state index is 0.624. The Bertz CT molecular complexity index is 344. The fourth-order valence-electron chi connectivity index (χ4n) is 1.15. The number of rotatable bonds is 3. The summed E-state index contributed by atoms with van der Waals surface area (Å²) in [5, 5.41) is 0. The molecule has 1 aromatic carbocycles. The van der Waals surface area contributed by atoms with Crippen molar-refractivity contribution in [1.29, 1.82) is 0 Å². The van der Waals surface area contributed by atoms with Crippen LogP contribution in [0.3, 0.4) is 0 Å². The van der Waals surface area contributed by atoms with E-state index in [0.717, 1.165) is 23.1 Å². The van der Waals surface area contributed by atoms with Gasteiger partial charge in [0.05, 0.1) is 0 Å². The van der Waals surface area contributed by atoms with Crippen LogP contribution in [0.1, 0.15) is 17.5 Å². The molecule has 1 heteroatoms. The summed E-state index contributed by atoms with van der Waals surface area (Å²) in [6, 6.07) is 7.79. The first-order chi connectivity index (χ1) is 6.27. The fourth-order valence-corrected chi connectivity index (χ4v) is 1.15. The molecule has 0 amide bonds. The van der Waals surface area contributed by atoms with Crippen LogP contribution in [0.15, 0.2) is 30.8 Å². The van der Waals surface area contributed by atoms with Crippen molar-refractivity contribution in [3.05, 3.63) is 42.0 Å². The van der Waals surface area contributed by atoms with Gasteiger partial charge in [-0.1, -0.05) is 24.6 Å². The van der Waals surface area contributed by atoms with E-state index < -0.39 is 0 Å². The van der Waals surface area contributed by atoms with Crippen molar-refractivity contribution in [2.24, 2.45) is 5.73 Å². The maximum Gasteiger partial charge on any atom is 0.0248 e. The van der Waals surface area contributed by atoms with Gasteiger partial charge >= 0.3 is 0 Å². The molecule has 0 aliphatic rings. The topological polar surface area (TPSA) is 26.0 Å². The molecule has 0 unspecified atom stereocenters. The Labute approximate surface area is 79.3 Å². The van der Waals surface area contributed by atoms with Crippen LogP contribution in [-0.2, 0) is 0 Å². The van der Waals surface area contributed by atoms with E-state index in [1.165, 1.54) is 0 Å². The molecule has 66 valence electrons. The van der Waals surface area contributed by atoms with Crippen LogP contribution in [0.5, 0.6) is 0 Å². The van der Waals surface area contributed by atoms with E-state index in [9.17, 15) is 0 Å². The molecule has 0 aliphatic carbocycles. The van der Waals surface area contributed by atoms with E-state index in [1.54, 1.807) is 0 Å². The van der Waals surface area contributed by atoms with Crippen molar-refractivity contribution in [3.63, 3.8) is 0 Å². The molecule has 0 aromatic heterocycles. The molecule has 0 aliphatic heterocycles. The summed E-state index contributed by atoms with van der Waals surface area (Å²) >= 11 is 0. The Morgan fingerprint density at radius 1 is 1.54 bits per heavy atom. The van der Waals surface area contributed by atoms with Crippen molar-refractivity contribution in [1.82, 2.24) is 0 Å². The van der Waals surface area contributed by atoms with Gasteiger partial charge in [-0.2, -0.15) is 0 Å². The van der Waals surface area contributed by atoms with Crippen molar-refractivity contribution in [2.75, 3.05) is 6.54 Å². The normalized spacial score (nSPS) is 9.23. The average molecular weight is 171 g/mol. The van der Waals surface area contributed by atoms with Crippen molar-refractivity contribution >= 4 is 5.57 Å². The smallest absolute Gasteiger partial charge is 0.0248 e. The second-order valence-corrected chi connectivity index (χ2v) is 2.87. The lowest BCUT2D eigenvalue weighted by molar-refractivity contribution is 1.02. The van der Waals surface area contributed by atoms with Crippen molar-refractivity contribution < 1.29 is 0 Å². The molecule has 0 fully saturated rings. The lowest BCUT2D eigenvalue weighted by Crippen LogP contribution is -1.99. The number of hydrogen-bond donors (Lipinski definition) is 1. The maximum atomic E-state index is 5.44. The summed E-state index contributed by atoms with van der Waals surface area (Å²) in [5.74, 6) is 2.59. The summed E-state index contributed by atoms with van der Waals surface area (Å²) < 4.78 is 0. The van der Waals surface area contributed by atoms with Gasteiger partial charge in [0.25, 0.3) is 0 Å². The lowest BCUT2D eigenvalue weighted by Gasteiger charge is -2.03. The highest BCUT2D eigenvalue weighted by Gasteiger charge is 1.97. The van der Waals surface area contributed by atoms with Gasteiger partial charge in [-0.05, 0) is 36.2 Å². The molecule has 1 aromatic rings. The van der Waals surface area contributed by atoms with E-state index >= 15 is 0 Å². The second-order valence-electron chi connectivity index (χ2n) is 2.87. The summed E-state index contributed by atoms with van der Waals surface area (Å²) in [7, 11) is 0. The van der Waals surface area contributed by atoms with Gasteiger partial charge in [0.1, 0.15) is 0 Å². The van der Waals surface area contributed by atoms with Gasteiger partial charge in [-0.15, -0.1) is 6.42 Å². The molecule has 0 heterocycles. The Morgan fingerprint density at radius 2 is 2.31 bits per heavy atom. The second kappa shape index (κ2) is 4.49. The van der Waals surface area contributed by atoms with Crippen LogP contribution in [0.25, 0.3) is 5.57 Å². The van der Waals surface area contributed by atoms with Gasteiger partial charge in [0, 0.05) is 5.56 Å². The Balaban J connectivity index is 2.90. The Morgan fingerprint density at radius 3 is 2.92 bits per heavy atom. The largest absolute Gasteiger partial charge is 0.330 e. The molecule has 0 spiro atoms. The lowest BCUT2D eigenvalue weighted by atomic mass is 10.0. The van der Waals surface area contributed by atoms with E-state index in [1.807, 2.05) is 24.3 Å². The van der Waals surface area contributed by atoms with Crippen LogP contribution >= 0.6 is 0 Å². The SMILES string of the molecule is C#Cc1cccc(C(=C)CCN)c1. The predicted octanol–water partition coefficient (Wildman–Crippen LogP) is 2.03. The first-order valence-electron chi connectivity index (χ1n) is 4.23. The number of terminal acetylenes is 1. The minimum absolute atomic E-state index is 0.624. The first-order valence-corrected chi connectivity index (χ1v) is 4.23. The molecular formula is C12H13N. The van der Waals surface area contributed by atoms with Crippen LogP contribution in [0.4, 0.5) is 0 Å². The minimum Gasteiger partial charge on any atom is -0.330 e. The highest BCUT2D eigenvalue weighted by Crippen LogP contribution is 2.16. The van der Waals surface area contributed by atoms with E-state index in [-0.39, 0.29) is 0 Å². The Hall–Kier alpha value is -1.52. The molecular weight excluding hydrogens is 158 g/mol. The monoisotopic (exact) mass is 171 g/mol. The van der Waals surface area contributed by atoms with Gasteiger partial charge in [-0.3, -0.25) is 0 Å². The van der Waals surface area contributed by atoms with E-state index in [0.29, 0.717) is 6.54 Å². The molecule has 0 bridgehead atoms. The summed E-state index contributed by atoms with van der Waals surface area (Å²) in [6.07, 6.45) is 6.10. The molecule has 0 saturated heterocycles. The van der Waals surface area contributed by atoms with Crippen LogP contribution in [0, 0.1) is 12.3 Å². The number of hydrogen-bond acceptors (Lipinski definition) is 1. The highest BCUT2D eigenvalue weighted by atomic mass is 14.5. The summed E-state index contributed by atoms with van der Waals surface area (Å²) in [6.45, 7) is 4.57. The number of nitrogens with two attached hydrogens (primary N) is 1. The van der Waals surface area contributed by atoms with Crippen molar-refractivity contribution in [2.45, 2.75) is 6.42 Å². The van der Waals surface area contributed by atoms with Crippen LogP contribution in [-0.4, -0.2) is 6.54 Å².